The summed E-state index contributed by atoms with van der Waals surface area (Å²) in [6, 6.07) is -7.92. The highest BCUT2D eigenvalue weighted by atomic mass is 16.7. The molecule has 0 aromatic carbocycles. The molecule has 11 atom stereocenters. The predicted octanol–water partition coefficient (Wildman–Crippen LogP) is -3.34. The molecule has 11 unspecified atom stereocenters. The summed E-state index contributed by atoms with van der Waals surface area (Å²) in [6.45, 7) is 7.71. The molecule has 10 N–H and O–H groups in total. The van der Waals surface area contributed by atoms with Gasteiger partial charge in [-0.2, -0.15) is 0 Å². The van der Waals surface area contributed by atoms with Crippen molar-refractivity contribution < 1.29 is 68.7 Å². The standard InChI is InChI=1S/C37H62N8O14/c1-19(2)11-12-23-13-14-37(56,59-26(23)18-46)36(6,55)35(54)42-28-29(22(5)47)58-34(53)20(3)41-31(50)24-9-7-15-39-43(24)27(48)17-38-30(49)21(4)45(57)32(51)25-10-8-16-40-44(25)33(28)52/h19-26,28-29,39-40,46-47,55-57H,7-18H2,1-6H3,(H,38,49)(H,41,50)(H,42,54). The maximum Gasteiger partial charge on any atom is 0.328 e. The summed E-state index contributed by atoms with van der Waals surface area (Å²) in [5, 5.41) is 64.5. The van der Waals surface area contributed by atoms with Crippen LogP contribution in [0.3, 0.4) is 0 Å². The van der Waals surface area contributed by atoms with E-state index in [2.05, 4.69) is 26.8 Å². The quantitative estimate of drug-likeness (QED) is 0.0844. The molecule has 59 heavy (non-hydrogen) atoms. The van der Waals surface area contributed by atoms with Crippen LogP contribution >= 0.6 is 0 Å². The van der Waals surface area contributed by atoms with Gasteiger partial charge in [0.05, 0.1) is 25.4 Å². The van der Waals surface area contributed by atoms with Gasteiger partial charge in [0.25, 0.3) is 23.6 Å². The lowest BCUT2D eigenvalue weighted by Crippen LogP contribution is -2.71. The van der Waals surface area contributed by atoms with E-state index in [1.165, 1.54) is 13.8 Å². The van der Waals surface area contributed by atoms with E-state index in [0.29, 0.717) is 25.3 Å². The Kier molecular flexibility index (Phi) is 16.2. The first-order valence-electron chi connectivity index (χ1n) is 20.3. The van der Waals surface area contributed by atoms with E-state index in [0.717, 1.165) is 30.3 Å². The van der Waals surface area contributed by atoms with Crippen molar-refractivity contribution >= 4 is 41.4 Å². The van der Waals surface area contributed by atoms with Gasteiger partial charge in [0.15, 0.2) is 11.7 Å². The molecule has 4 rings (SSSR count). The number of rotatable bonds is 8. The van der Waals surface area contributed by atoms with Crippen molar-refractivity contribution in [2.24, 2.45) is 11.8 Å². The summed E-state index contributed by atoms with van der Waals surface area (Å²) in [5.74, 6) is -9.98. The molecule has 334 valence electrons. The Hall–Kier alpha value is -4.03. The van der Waals surface area contributed by atoms with E-state index in [1.807, 2.05) is 13.8 Å². The minimum atomic E-state index is -2.85. The third-order valence-corrected chi connectivity index (χ3v) is 11.5. The monoisotopic (exact) mass is 842 g/mol. The Balaban J connectivity index is 1.73. The van der Waals surface area contributed by atoms with Crippen LogP contribution in [0.4, 0.5) is 0 Å². The molecule has 0 aromatic rings. The van der Waals surface area contributed by atoms with E-state index in [4.69, 9.17) is 9.47 Å². The first kappa shape index (κ1) is 47.6. The van der Waals surface area contributed by atoms with Gasteiger partial charge in [-0.1, -0.05) is 20.3 Å². The molecule has 22 nitrogen and oxygen atoms in total. The largest absolute Gasteiger partial charge is 0.455 e. The van der Waals surface area contributed by atoms with Crippen LogP contribution < -0.4 is 26.8 Å². The summed E-state index contributed by atoms with van der Waals surface area (Å²) < 4.78 is 11.4. The first-order chi connectivity index (χ1) is 27.6. The van der Waals surface area contributed by atoms with Crippen LogP contribution in [0.2, 0.25) is 0 Å². The van der Waals surface area contributed by atoms with Crippen LogP contribution in [0, 0.1) is 11.8 Å². The van der Waals surface area contributed by atoms with Crippen LogP contribution in [0.1, 0.15) is 92.9 Å². The third-order valence-electron chi connectivity index (χ3n) is 11.5. The molecule has 4 aliphatic heterocycles. The average Bonchev–Trinajstić information content (AvgIpc) is 3.21. The van der Waals surface area contributed by atoms with Crippen molar-refractivity contribution in [3.8, 4) is 0 Å². The summed E-state index contributed by atoms with van der Waals surface area (Å²) in [4.78, 5) is 96.1. The smallest absolute Gasteiger partial charge is 0.328 e. The van der Waals surface area contributed by atoms with Crippen LogP contribution in [0.15, 0.2) is 0 Å². The molecule has 22 heteroatoms. The second-order valence-corrected chi connectivity index (χ2v) is 16.5. The molecule has 0 bridgehead atoms. The zero-order valence-electron chi connectivity index (χ0n) is 34.5. The number of aliphatic hydroxyl groups excluding tert-OH is 2. The van der Waals surface area contributed by atoms with Crippen molar-refractivity contribution in [2.75, 3.05) is 26.2 Å². The number of carbonyl (C=O) groups is 7. The fourth-order valence-corrected chi connectivity index (χ4v) is 7.63. The lowest BCUT2D eigenvalue weighted by atomic mass is 9.80. The summed E-state index contributed by atoms with van der Waals surface area (Å²) in [7, 11) is 0. The third kappa shape index (κ3) is 10.8. The van der Waals surface area contributed by atoms with Gasteiger partial charge >= 0.3 is 5.97 Å². The second-order valence-electron chi connectivity index (χ2n) is 16.5. The van der Waals surface area contributed by atoms with Gasteiger partial charge in [0.1, 0.15) is 30.2 Å². The van der Waals surface area contributed by atoms with E-state index in [9.17, 15) is 59.2 Å². The summed E-state index contributed by atoms with van der Waals surface area (Å²) in [5.41, 5.74) is 2.66. The highest BCUT2D eigenvalue weighted by molar-refractivity contribution is 5.97. The van der Waals surface area contributed by atoms with E-state index in [1.54, 1.807) is 0 Å². The molecule has 6 amide bonds. The SMILES string of the molecule is CC(C)CCC1CCC(O)(C(C)(O)C(=O)NC2C(=O)N3NCCCC3C(=O)N(O)C(C)C(=O)NCC(=O)N3NCCCC3C(=O)NC(C)C(=O)OC2C(C)O)OC1CO. The number of amides is 6. The van der Waals surface area contributed by atoms with E-state index >= 15 is 0 Å². The number of hydrogen-bond donors (Lipinski definition) is 10. The summed E-state index contributed by atoms with van der Waals surface area (Å²) in [6.07, 6.45) is -2.52. The molecule has 0 aliphatic carbocycles. The number of hydroxylamine groups is 2. The number of esters is 1. The Morgan fingerprint density at radius 2 is 1.59 bits per heavy atom. The fraction of sp³-hybridized carbons (Fsp3) is 0.811. The predicted molar refractivity (Wildman–Crippen MR) is 202 cm³/mol. The minimum Gasteiger partial charge on any atom is -0.455 e. The maximum absolute atomic E-state index is 14.6. The number of nitrogens with one attached hydrogen (secondary N) is 5. The van der Waals surface area contributed by atoms with Crippen LogP contribution in [-0.4, -0.2) is 168 Å². The zero-order valence-corrected chi connectivity index (χ0v) is 34.5. The Morgan fingerprint density at radius 1 is 0.966 bits per heavy atom. The highest BCUT2D eigenvalue weighted by Crippen LogP contribution is 2.40. The number of fused-ring (bicyclic) bond motifs is 2. The molecule has 4 saturated heterocycles. The topological polar surface area (TPSA) is 309 Å². The maximum atomic E-state index is 14.6. The molecular weight excluding hydrogens is 780 g/mol. The van der Waals surface area contributed by atoms with Gasteiger partial charge < -0.3 is 45.9 Å². The molecule has 4 fully saturated rings. The number of ether oxygens (including phenoxy) is 2. The first-order valence-corrected chi connectivity index (χ1v) is 20.3. The van der Waals surface area contributed by atoms with Gasteiger partial charge in [0.2, 0.25) is 17.6 Å². The molecule has 0 saturated carbocycles. The van der Waals surface area contributed by atoms with Crippen molar-refractivity contribution in [1.29, 1.82) is 0 Å². The van der Waals surface area contributed by atoms with Crippen molar-refractivity contribution in [2.45, 2.75) is 153 Å². The number of aliphatic hydroxyl groups is 4. The fourth-order valence-electron chi connectivity index (χ4n) is 7.63. The van der Waals surface area contributed by atoms with Crippen molar-refractivity contribution in [3.63, 3.8) is 0 Å². The molecule has 4 aliphatic rings. The molecule has 0 radical (unpaired) electrons. The number of cyclic esters (lactones) is 1. The van der Waals surface area contributed by atoms with Crippen molar-refractivity contribution in [3.05, 3.63) is 0 Å². The average molecular weight is 843 g/mol. The number of hydrazine groups is 2. The lowest BCUT2D eigenvalue weighted by molar-refractivity contribution is -0.331. The second kappa shape index (κ2) is 20.0. The zero-order chi connectivity index (χ0) is 44.0. The van der Waals surface area contributed by atoms with Crippen LogP contribution in [0.25, 0.3) is 0 Å². The number of nitrogens with zero attached hydrogens (tertiary/aromatic N) is 3. The van der Waals surface area contributed by atoms with Crippen LogP contribution in [-0.2, 0) is 43.0 Å². The lowest BCUT2D eigenvalue weighted by Gasteiger charge is -2.47. The van der Waals surface area contributed by atoms with Gasteiger partial charge in [-0.05, 0) is 78.1 Å². The Bertz CT molecular complexity index is 1570. The Labute approximate surface area is 342 Å². The molecule has 0 spiro atoms. The minimum absolute atomic E-state index is 0.0789. The van der Waals surface area contributed by atoms with Gasteiger partial charge in [-0.15, -0.1) is 0 Å². The normalized spacial score (nSPS) is 33.9. The van der Waals surface area contributed by atoms with E-state index < -0.39 is 114 Å². The number of hydrogen-bond acceptors (Lipinski definition) is 16. The Morgan fingerprint density at radius 3 is 2.20 bits per heavy atom. The molecule has 4 heterocycles. The van der Waals surface area contributed by atoms with Gasteiger partial charge in [0, 0.05) is 19.5 Å². The van der Waals surface area contributed by atoms with Crippen molar-refractivity contribution in [1.82, 2.24) is 41.9 Å². The molecule has 0 aromatic heterocycles. The highest BCUT2D eigenvalue weighted by Gasteiger charge is 2.58. The summed E-state index contributed by atoms with van der Waals surface area (Å²) >= 11 is 0. The van der Waals surface area contributed by atoms with Gasteiger partial charge in [-0.25, -0.2) is 20.7 Å². The van der Waals surface area contributed by atoms with Gasteiger partial charge in [-0.3, -0.25) is 44.0 Å². The van der Waals surface area contributed by atoms with E-state index in [-0.39, 0.29) is 49.6 Å². The van der Waals surface area contributed by atoms with Crippen LogP contribution in [0.5, 0.6) is 0 Å². The molecular formula is C37H62N8O14. The number of carbonyl (C=O) groups excluding carboxylic acids is 7.